The third kappa shape index (κ3) is 4.77. The van der Waals surface area contributed by atoms with Crippen LogP contribution in [-0.2, 0) is 9.53 Å². The number of likely N-dealkylation sites (N-methyl/N-ethyl adjacent to an activating group) is 1. The van der Waals surface area contributed by atoms with Gasteiger partial charge in [0, 0.05) is 6.61 Å². The summed E-state index contributed by atoms with van der Waals surface area (Å²) in [6.07, 6.45) is 8.02. The zero-order valence-corrected chi connectivity index (χ0v) is 12.6. The number of nitrogens with one attached hydrogen (secondary N) is 1. The van der Waals surface area contributed by atoms with Crippen LogP contribution in [0, 0.1) is 5.92 Å². The fraction of sp³-hybridized carbons (Fsp3) is 0.933. The average molecular weight is 271 g/mol. The van der Waals surface area contributed by atoms with E-state index in [-0.39, 0.29) is 0 Å². The van der Waals surface area contributed by atoms with E-state index in [0.717, 1.165) is 6.42 Å². The molecule has 1 fully saturated rings. The van der Waals surface area contributed by atoms with Gasteiger partial charge in [-0.25, -0.2) is 0 Å². The van der Waals surface area contributed by atoms with Crippen molar-refractivity contribution in [3.8, 4) is 0 Å². The molecule has 2 N–H and O–H groups in total. The Morgan fingerprint density at radius 1 is 1.42 bits per heavy atom. The Morgan fingerprint density at radius 3 is 2.68 bits per heavy atom. The molecule has 4 nitrogen and oxygen atoms in total. The molecule has 0 radical (unpaired) electrons. The smallest absolute Gasteiger partial charge is 0.323 e. The molecule has 0 bridgehead atoms. The third-order valence-corrected chi connectivity index (χ3v) is 4.54. The van der Waals surface area contributed by atoms with Gasteiger partial charge >= 0.3 is 5.97 Å². The minimum Gasteiger partial charge on any atom is -0.480 e. The Kier molecular flexibility index (Phi) is 6.80. The molecule has 0 amide bonds. The monoisotopic (exact) mass is 271 g/mol. The molecular formula is C15H29NO3. The Hall–Kier alpha value is -0.610. The number of hydrogen-bond acceptors (Lipinski definition) is 3. The molecule has 4 heteroatoms. The summed E-state index contributed by atoms with van der Waals surface area (Å²) in [4.78, 5) is 11.1. The lowest BCUT2D eigenvalue weighted by molar-refractivity contribution is -0.144. The number of hydrogen-bond donors (Lipinski definition) is 2. The van der Waals surface area contributed by atoms with Crippen LogP contribution in [0.3, 0.4) is 0 Å². The fourth-order valence-electron chi connectivity index (χ4n) is 2.86. The van der Waals surface area contributed by atoms with Gasteiger partial charge < -0.3 is 15.2 Å². The van der Waals surface area contributed by atoms with Gasteiger partial charge in [-0.3, -0.25) is 4.79 Å². The van der Waals surface area contributed by atoms with E-state index in [4.69, 9.17) is 9.84 Å². The maximum Gasteiger partial charge on any atom is 0.323 e. The number of carboxylic acid groups (broad SMARTS) is 1. The maximum atomic E-state index is 11.1. The van der Waals surface area contributed by atoms with Crippen LogP contribution in [0.5, 0.6) is 0 Å². The molecule has 0 heterocycles. The summed E-state index contributed by atoms with van der Waals surface area (Å²) in [5.74, 6) is -0.0944. The lowest BCUT2D eigenvalue weighted by Gasteiger charge is -2.31. The molecule has 0 saturated heterocycles. The number of carbonyl (C=O) groups is 1. The second kappa shape index (κ2) is 7.85. The number of rotatable bonds is 8. The lowest BCUT2D eigenvalue weighted by atomic mass is 9.85. The predicted molar refractivity (Wildman–Crippen MR) is 76.3 cm³/mol. The van der Waals surface area contributed by atoms with Crippen molar-refractivity contribution in [3.63, 3.8) is 0 Å². The highest BCUT2D eigenvalue weighted by Gasteiger charge is 2.30. The first-order valence-electron chi connectivity index (χ1n) is 7.57. The second-order valence-electron chi connectivity index (χ2n) is 5.85. The van der Waals surface area contributed by atoms with Crippen LogP contribution < -0.4 is 5.32 Å². The van der Waals surface area contributed by atoms with Gasteiger partial charge in [0.1, 0.15) is 5.54 Å². The lowest BCUT2D eigenvalue weighted by Crippen LogP contribution is -2.47. The van der Waals surface area contributed by atoms with Crippen molar-refractivity contribution in [2.24, 2.45) is 5.92 Å². The summed E-state index contributed by atoms with van der Waals surface area (Å²) in [7, 11) is 1.70. The molecule has 0 aromatic heterocycles. The second-order valence-corrected chi connectivity index (χ2v) is 5.85. The molecular weight excluding hydrogens is 242 g/mol. The SMILES string of the molecule is CCC1CCCCC1OCCCC(C)(NC)C(=O)O. The van der Waals surface area contributed by atoms with Crippen molar-refractivity contribution < 1.29 is 14.6 Å². The molecule has 0 spiro atoms. The zero-order chi connectivity index (χ0) is 14.3. The van der Waals surface area contributed by atoms with Crippen LogP contribution in [0.25, 0.3) is 0 Å². The van der Waals surface area contributed by atoms with Gasteiger partial charge in [-0.05, 0) is 45.6 Å². The quantitative estimate of drug-likeness (QED) is 0.666. The van der Waals surface area contributed by atoms with Crippen molar-refractivity contribution in [2.75, 3.05) is 13.7 Å². The normalized spacial score (nSPS) is 26.9. The van der Waals surface area contributed by atoms with E-state index in [1.807, 2.05) is 0 Å². The van der Waals surface area contributed by atoms with Gasteiger partial charge in [0.25, 0.3) is 0 Å². The standard InChI is InChI=1S/C15H29NO3/c1-4-12-8-5-6-9-13(12)19-11-7-10-15(2,16-3)14(17)18/h12-13,16H,4-11H2,1-3H3,(H,17,18). The first kappa shape index (κ1) is 16.4. The fourth-order valence-corrected chi connectivity index (χ4v) is 2.86. The summed E-state index contributed by atoms with van der Waals surface area (Å²) in [5, 5.41) is 12.0. The van der Waals surface area contributed by atoms with Crippen molar-refractivity contribution in [1.29, 1.82) is 0 Å². The topological polar surface area (TPSA) is 58.6 Å². The first-order chi connectivity index (χ1) is 9.03. The summed E-state index contributed by atoms with van der Waals surface area (Å²) >= 11 is 0. The van der Waals surface area contributed by atoms with Gasteiger partial charge in [0.05, 0.1) is 6.10 Å². The van der Waals surface area contributed by atoms with Crippen LogP contribution in [0.15, 0.2) is 0 Å². The molecule has 1 rings (SSSR count). The number of aliphatic carboxylic acids is 1. The molecule has 112 valence electrons. The van der Waals surface area contributed by atoms with E-state index in [1.165, 1.54) is 32.1 Å². The van der Waals surface area contributed by atoms with Gasteiger partial charge in [-0.1, -0.05) is 26.2 Å². The van der Waals surface area contributed by atoms with Gasteiger partial charge in [-0.2, -0.15) is 0 Å². The van der Waals surface area contributed by atoms with Gasteiger partial charge in [-0.15, -0.1) is 0 Å². The Balaban J connectivity index is 2.28. The summed E-state index contributed by atoms with van der Waals surface area (Å²) < 4.78 is 5.99. The number of carboxylic acids is 1. The Labute approximate surface area is 116 Å². The van der Waals surface area contributed by atoms with Crippen LogP contribution in [0.4, 0.5) is 0 Å². The largest absolute Gasteiger partial charge is 0.480 e. The predicted octanol–water partition coefficient (Wildman–Crippen LogP) is 2.81. The van der Waals surface area contributed by atoms with E-state index in [0.29, 0.717) is 25.0 Å². The highest BCUT2D eigenvalue weighted by atomic mass is 16.5. The van der Waals surface area contributed by atoms with Crippen LogP contribution in [0.2, 0.25) is 0 Å². The molecule has 19 heavy (non-hydrogen) atoms. The summed E-state index contributed by atoms with van der Waals surface area (Å²) in [6.45, 7) is 4.63. The van der Waals surface area contributed by atoms with Crippen LogP contribution >= 0.6 is 0 Å². The van der Waals surface area contributed by atoms with Gasteiger partial charge in [0.2, 0.25) is 0 Å². The third-order valence-electron chi connectivity index (χ3n) is 4.54. The molecule has 3 atom stereocenters. The zero-order valence-electron chi connectivity index (χ0n) is 12.6. The summed E-state index contributed by atoms with van der Waals surface area (Å²) in [5.41, 5.74) is -0.833. The van der Waals surface area contributed by atoms with E-state index in [9.17, 15) is 4.79 Å². The van der Waals surface area contributed by atoms with Crippen LogP contribution in [0.1, 0.15) is 58.8 Å². The van der Waals surface area contributed by atoms with Crippen molar-refractivity contribution in [1.82, 2.24) is 5.32 Å². The van der Waals surface area contributed by atoms with E-state index < -0.39 is 11.5 Å². The highest BCUT2D eigenvalue weighted by Crippen LogP contribution is 2.29. The van der Waals surface area contributed by atoms with Gasteiger partial charge in [0.15, 0.2) is 0 Å². The molecule has 0 aromatic rings. The van der Waals surface area contributed by atoms with E-state index in [2.05, 4.69) is 12.2 Å². The highest BCUT2D eigenvalue weighted by molar-refractivity contribution is 5.78. The molecule has 0 aliphatic heterocycles. The van der Waals surface area contributed by atoms with Crippen molar-refractivity contribution >= 4 is 5.97 Å². The molecule has 1 aliphatic rings. The van der Waals surface area contributed by atoms with Crippen LogP contribution in [-0.4, -0.2) is 36.4 Å². The molecule has 0 aromatic carbocycles. The molecule has 1 saturated carbocycles. The minimum atomic E-state index is -0.833. The average Bonchev–Trinajstić information content (AvgIpc) is 2.43. The minimum absolute atomic E-state index is 0.393. The molecule has 1 aliphatic carbocycles. The Bertz CT molecular complexity index is 283. The molecule has 3 unspecified atom stereocenters. The van der Waals surface area contributed by atoms with Crippen molar-refractivity contribution in [3.05, 3.63) is 0 Å². The number of ether oxygens (including phenoxy) is 1. The Morgan fingerprint density at radius 2 is 2.11 bits per heavy atom. The first-order valence-corrected chi connectivity index (χ1v) is 7.57. The van der Waals surface area contributed by atoms with E-state index in [1.54, 1.807) is 14.0 Å². The summed E-state index contributed by atoms with van der Waals surface area (Å²) in [6, 6.07) is 0. The van der Waals surface area contributed by atoms with E-state index >= 15 is 0 Å². The van der Waals surface area contributed by atoms with Crippen molar-refractivity contribution in [2.45, 2.75) is 70.4 Å². The maximum absolute atomic E-state index is 11.1.